The monoisotopic (exact) mass is 529 g/mol. The largest absolute Gasteiger partial charge is 0.507 e. The van der Waals surface area contributed by atoms with Gasteiger partial charge in [0, 0.05) is 17.3 Å². The lowest BCUT2D eigenvalue weighted by atomic mass is 9.94. The van der Waals surface area contributed by atoms with E-state index >= 15 is 0 Å². The Morgan fingerprint density at radius 1 is 0.949 bits per heavy atom. The molecule has 1 N–H and O–H groups in total. The zero-order chi connectivity index (χ0) is 28.3. The number of aryl methyl sites for hydroxylation is 1. The van der Waals surface area contributed by atoms with Gasteiger partial charge in [-0.05, 0) is 80.3 Å². The number of nitrogens with zero attached hydrogens (tertiary/aromatic N) is 1. The number of carbonyl (C=O) groups is 2. The summed E-state index contributed by atoms with van der Waals surface area (Å²) in [4.78, 5) is 28.4. The van der Waals surface area contributed by atoms with Crippen LogP contribution >= 0.6 is 0 Å². The van der Waals surface area contributed by atoms with E-state index in [2.05, 4.69) is 13.8 Å². The van der Waals surface area contributed by atoms with Crippen molar-refractivity contribution in [2.24, 2.45) is 5.92 Å². The van der Waals surface area contributed by atoms with Crippen LogP contribution in [0.3, 0.4) is 0 Å². The van der Waals surface area contributed by atoms with Crippen molar-refractivity contribution in [2.75, 3.05) is 18.6 Å². The number of Topliss-reactive ketones (excluding diaryl/α,β-unsaturated/α-hetero) is 1. The highest BCUT2D eigenvalue weighted by Crippen LogP contribution is 2.43. The predicted molar refractivity (Wildman–Crippen MR) is 151 cm³/mol. The summed E-state index contributed by atoms with van der Waals surface area (Å²) in [6.07, 6.45) is -0.0654. The van der Waals surface area contributed by atoms with Gasteiger partial charge >= 0.3 is 0 Å². The summed E-state index contributed by atoms with van der Waals surface area (Å²) in [6, 6.07) is 18.5. The lowest BCUT2D eigenvalue weighted by molar-refractivity contribution is -0.132. The van der Waals surface area contributed by atoms with Gasteiger partial charge in [0.15, 0.2) is 0 Å². The summed E-state index contributed by atoms with van der Waals surface area (Å²) < 4.78 is 17.1. The average Bonchev–Trinajstić information content (AvgIpc) is 3.17. The fraction of sp³-hybridized carbons (Fsp3) is 0.312. The summed E-state index contributed by atoms with van der Waals surface area (Å²) in [5.74, 6) is 0.441. The molecule has 1 aliphatic rings. The summed E-state index contributed by atoms with van der Waals surface area (Å²) in [5.41, 5.74) is 2.34. The number of methoxy groups -OCH3 is 1. The fourth-order valence-electron chi connectivity index (χ4n) is 4.58. The molecule has 39 heavy (non-hydrogen) atoms. The van der Waals surface area contributed by atoms with Gasteiger partial charge in [-0.3, -0.25) is 14.5 Å². The van der Waals surface area contributed by atoms with Crippen molar-refractivity contribution in [2.45, 2.75) is 46.8 Å². The average molecular weight is 530 g/mol. The van der Waals surface area contributed by atoms with Gasteiger partial charge in [0.2, 0.25) is 0 Å². The maximum atomic E-state index is 13.5. The van der Waals surface area contributed by atoms with E-state index in [4.69, 9.17) is 14.2 Å². The molecule has 0 spiro atoms. The van der Waals surface area contributed by atoms with Gasteiger partial charge in [-0.25, -0.2) is 0 Å². The van der Waals surface area contributed by atoms with E-state index in [0.29, 0.717) is 46.6 Å². The molecule has 1 amide bonds. The fourth-order valence-corrected chi connectivity index (χ4v) is 4.58. The normalized spacial score (nSPS) is 16.7. The first-order valence-corrected chi connectivity index (χ1v) is 13.1. The Morgan fingerprint density at radius 3 is 2.33 bits per heavy atom. The van der Waals surface area contributed by atoms with Crippen LogP contribution in [0, 0.1) is 12.8 Å². The minimum atomic E-state index is -0.884. The predicted octanol–water partition coefficient (Wildman–Crippen LogP) is 6.45. The van der Waals surface area contributed by atoms with Crippen LogP contribution in [0.25, 0.3) is 5.76 Å². The van der Waals surface area contributed by atoms with Gasteiger partial charge in [-0.1, -0.05) is 32.0 Å². The summed E-state index contributed by atoms with van der Waals surface area (Å²) in [7, 11) is 1.54. The van der Waals surface area contributed by atoms with Crippen molar-refractivity contribution >= 4 is 23.1 Å². The number of hydrogen-bond acceptors (Lipinski definition) is 6. The van der Waals surface area contributed by atoms with Gasteiger partial charge in [-0.15, -0.1) is 0 Å². The minimum absolute atomic E-state index is 0.000217. The van der Waals surface area contributed by atoms with E-state index in [1.165, 1.54) is 12.0 Å². The summed E-state index contributed by atoms with van der Waals surface area (Å²) in [6.45, 7) is 10.4. The van der Waals surface area contributed by atoms with Gasteiger partial charge < -0.3 is 19.3 Å². The van der Waals surface area contributed by atoms with Gasteiger partial charge in [-0.2, -0.15) is 0 Å². The van der Waals surface area contributed by atoms with E-state index < -0.39 is 17.7 Å². The molecule has 1 saturated heterocycles. The van der Waals surface area contributed by atoms with Crippen LogP contribution in [0.2, 0.25) is 0 Å². The van der Waals surface area contributed by atoms with E-state index in [-0.39, 0.29) is 17.4 Å². The van der Waals surface area contributed by atoms with Crippen molar-refractivity contribution in [1.29, 1.82) is 0 Å². The highest BCUT2D eigenvalue weighted by atomic mass is 16.5. The molecule has 0 saturated carbocycles. The van der Waals surface area contributed by atoms with Crippen LogP contribution in [0.15, 0.2) is 72.3 Å². The molecule has 1 unspecified atom stereocenters. The first-order valence-electron chi connectivity index (χ1n) is 13.1. The Balaban J connectivity index is 1.87. The standard InChI is InChI=1S/C32H35NO6/c1-19(2)18-38-27-14-13-23(15-21(27)5)30(34)28-29(22-9-7-12-26(16-22)39-20(3)4)33(32(36)31(28)35)24-10-8-11-25(17-24)37-6/h7-17,19-20,29,34H,18H2,1-6H3/b30-28+. The number of anilines is 1. The van der Waals surface area contributed by atoms with E-state index in [0.717, 1.165) is 5.56 Å². The first-order chi connectivity index (χ1) is 18.6. The lowest BCUT2D eigenvalue weighted by Crippen LogP contribution is -2.29. The van der Waals surface area contributed by atoms with E-state index in [1.54, 1.807) is 48.5 Å². The van der Waals surface area contributed by atoms with Crippen LogP contribution in [0.1, 0.15) is 50.4 Å². The molecule has 0 radical (unpaired) electrons. The third-order valence-corrected chi connectivity index (χ3v) is 6.34. The molecule has 1 heterocycles. The number of benzene rings is 3. The van der Waals surface area contributed by atoms with Crippen molar-refractivity contribution in [3.05, 3.63) is 89.0 Å². The number of aliphatic hydroxyl groups excluding tert-OH is 1. The number of carbonyl (C=O) groups excluding carboxylic acids is 2. The van der Waals surface area contributed by atoms with Gasteiger partial charge in [0.05, 0.1) is 31.4 Å². The van der Waals surface area contributed by atoms with Crippen LogP contribution in [-0.2, 0) is 9.59 Å². The van der Waals surface area contributed by atoms with Crippen LogP contribution in [0.4, 0.5) is 5.69 Å². The van der Waals surface area contributed by atoms with Crippen molar-refractivity contribution in [3.8, 4) is 17.2 Å². The van der Waals surface area contributed by atoms with Crippen LogP contribution < -0.4 is 19.1 Å². The van der Waals surface area contributed by atoms with Crippen molar-refractivity contribution in [3.63, 3.8) is 0 Å². The zero-order valence-corrected chi connectivity index (χ0v) is 23.2. The molecule has 204 valence electrons. The lowest BCUT2D eigenvalue weighted by Gasteiger charge is -2.26. The third-order valence-electron chi connectivity index (χ3n) is 6.34. The van der Waals surface area contributed by atoms with Gasteiger partial charge in [0.25, 0.3) is 11.7 Å². The number of aliphatic hydroxyl groups is 1. The topological polar surface area (TPSA) is 85.3 Å². The molecule has 1 aliphatic heterocycles. The third kappa shape index (κ3) is 5.93. The highest BCUT2D eigenvalue weighted by molar-refractivity contribution is 6.51. The molecule has 1 fully saturated rings. The van der Waals surface area contributed by atoms with Crippen LogP contribution in [0.5, 0.6) is 17.2 Å². The highest BCUT2D eigenvalue weighted by Gasteiger charge is 2.47. The SMILES string of the molecule is COc1cccc(N2C(=O)C(=O)/C(=C(/O)c3ccc(OCC(C)C)c(C)c3)C2c2cccc(OC(C)C)c2)c1. The first kappa shape index (κ1) is 27.8. The molecule has 7 heteroatoms. The summed E-state index contributed by atoms with van der Waals surface area (Å²) >= 11 is 0. The number of amides is 1. The second-order valence-electron chi connectivity index (χ2n) is 10.3. The number of ketones is 1. The molecule has 7 nitrogen and oxygen atoms in total. The molecule has 4 rings (SSSR count). The van der Waals surface area contributed by atoms with Crippen molar-refractivity contribution in [1.82, 2.24) is 0 Å². The van der Waals surface area contributed by atoms with E-state index in [9.17, 15) is 14.7 Å². The smallest absolute Gasteiger partial charge is 0.300 e. The maximum Gasteiger partial charge on any atom is 0.300 e. The van der Waals surface area contributed by atoms with E-state index in [1.807, 2.05) is 39.0 Å². The Bertz CT molecular complexity index is 1410. The summed E-state index contributed by atoms with van der Waals surface area (Å²) in [5, 5.41) is 11.5. The maximum absolute atomic E-state index is 13.5. The van der Waals surface area contributed by atoms with Crippen LogP contribution in [-0.4, -0.2) is 36.6 Å². The Hall–Kier alpha value is -4.26. The minimum Gasteiger partial charge on any atom is -0.507 e. The zero-order valence-electron chi connectivity index (χ0n) is 23.2. The van der Waals surface area contributed by atoms with Crippen molar-refractivity contribution < 1.29 is 28.9 Å². The molecular weight excluding hydrogens is 494 g/mol. The molecule has 0 aromatic heterocycles. The Morgan fingerprint density at radius 2 is 1.67 bits per heavy atom. The number of hydrogen-bond donors (Lipinski definition) is 1. The molecular formula is C32H35NO6. The molecule has 0 bridgehead atoms. The molecule has 3 aromatic carbocycles. The molecule has 1 atom stereocenters. The number of ether oxygens (including phenoxy) is 3. The number of rotatable bonds is 9. The quantitative estimate of drug-likeness (QED) is 0.195. The Labute approximate surface area is 229 Å². The second kappa shape index (κ2) is 11.6. The molecule has 0 aliphatic carbocycles. The molecule has 3 aromatic rings. The Kier molecular flexibility index (Phi) is 8.29. The second-order valence-corrected chi connectivity index (χ2v) is 10.3. The van der Waals surface area contributed by atoms with Gasteiger partial charge in [0.1, 0.15) is 23.0 Å².